The monoisotopic (exact) mass is 342 g/mol. The molecule has 6 nitrogen and oxygen atoms in total. The molecule has 4 rings (SSSR count). The summed E-state index contributed by atoms with van der Waals surface area (Å²) in [4.78, 5) is 24.8. The summed E-state index contributed by atoms with van der Waals surface area (Å²) in [6, 6.07) is 1.72. The molecular weight excluding hydrogens is 324 g/mol. The lowest BCUT2D eigenvalue weighted by atomic mass is 9.78. The van der Waals surface area contributed by atoms with Crippen LogP contribution in [0.25, 0.3) is 10.8 Å². The van der Waals surface area contributed by atoms with Crippen molar-refractivity contribution in [3.05, 3.63) is 28.3 Å². The van der Waals surface area contributed by atoms with Gasteiger partial charge in [0.05, 0.1) is 7.11 Å². The highest BCUT2D eigenvalue weighted by Gasteiger charge is 2.46. The first-order valence-corrected chi connectivity index (χ1v) is 8.04. The third-order valence-electron chi connectivity index (χ3n) is 5.43. The maximum atomic E-state index is 12.4. The summed E-state index contributed by atoms with van der Waals surface area (Å²) in [5.41, 5.74) is 0.986. The zero-order valence-corrected chi connectivity index (χ0v) is 14.6. The molecule has 0 fully saturated rings. The van der Waals surface area contributed by atoms with Crippen molar-refractivity contribution < 1.29 is 28.9 Å². The maximum absolute atomic E-state index is 12.4. The van der Waals surface area contributed by atoms with Crippen LogP contribution in [0.3, 0.4) is 0 Å². The van der Waals surface area contributed by atoms with Crippen molar-refractivity contribution in [2.75, 3.05) is 7.11 Å². The number of fused-ring (bicyclic) bond motifs is 2. The first kappa shape index (κ1) is 15.7. The van der Waals surface area contributed by atoms with Crippen molar-refractivity contribution in [3.8, 4) is 17.2 Å². The summed E-state index contributed by atoms with van der Waals surface area (Å²) in [5.74, 6) is -1.02. The van der Waals surface area contributed by atoms with Crippen molar-refractivity contribution in [2.24, 2.45) is 0 Å². The molecule has 0 saturated carbocycles. The number of phenols is 1. The molecule has 6 heteroatoms. The van der Waals surface area contributed by atoms with E-state index in [0.717, 1.165) is 5.56 Å². The van der Waals surface area contributed by atoms with Gasteiger partial charge in [-0.15, -0.1) is 0 Å². The highest BCUT2D eigenvalue weighted by atomic mass is 16.6. The van der Waals surface area contributed by atoms with Crippen LogP contribution in [0.5, 0.6) is 17.2 Å². The second kappa shape index (κ2) is 4.65. The van der Waals surface area contributed by atoms with Crippen molar-refractivity contribution in [1.29, 1.82) is 0 Å². The predicted octanol–water partition coefficient (Wildman–Crippen LogP) is 3.23. The molecule has 2 aliphatic heterocycles. The first-order chi connectivity index (χ1) is 11.7. The van der Waals surface area contributed by atoms with Gasteiger partial charge in [0.2, 0.25) is 0 Å². The van der Waals surface area contributed by atoms with E-state index in [-0.39, 0.29) is 23.0 Å². The molecule has 2 aromatic rings. The molecule has 0 aromatic heterocycles. The number of benzene rings is 2. The Balaban J connectivity index is 2.31. The topological polar surface area (TPSA) is 82.1 Å². The van der Waals surface area contributed by atoms with Crippen LogP contribution in [0.1, 0.15) is 52.6 Å². The lowest BCUT2D eigenvalue weighted by Gasteiger charge is -2.25. The smallest absolute Gasteiger partial charge is 0.350 e. The largest absolute Gasteiger partial charge is 0.507 e. The third-order valence-corrected chi connectivity index (χ3v) is 5.43. The number of hydrogen-bond acceptors (Lipinski definition) is 6. The fraction of sp³-hybridized carbons (Fsp3) is 0.368. The molecule has 25 heavy (non-hydrogen) atoms. The number of rotatable bonds is 1. The number of methoxy groups -OCH3 is 1. The number of aromatic hydroxyl groups is 1. The fourth-order valence-electron chi connectivity index (χ4n) is 3.80. The average molecular weight is 342 g/mol. The molecule has 0 saturated heterocycles. The van der Waals surface area contributed by atoms with E-state index in [4.69, 9.17) is 14.2 Å². The summed E-state index contributed by atoms with van der Waals surface area (Å²) in [6.07, 6.45) is -0.204. The summed E-state index contributed by atoms with van der Waals surface area (Å²) >= 11 is 0. The van der Waals surface area contributed by atoms with Gasteiger partial charge in [0.25, 0.3) is 0 Å². The number of phenolic OH excluding ortho intramolecular Hbond substituents is 1. The standard InChI is InChI=1S/C19H18O6/c1-7-6-9(23-5)11-12-10(7)16-14(19(3,4)8(2)24-16)15(20)13(12)18(22)25-17(11)21/h6,8,20H,1-5H3. The molecule has 2 aliphatic rings. The van der Waals surface area contributed by atoms with Crippen LogP contribution in [-0.2, 0) is 10.2 Å². The Hall–Kier alpha value is -2.76. The van der Waals surface area contributed by atoms with Gasteiger partial charge in [-0.05, 0) is 25.5 Å². The van der Waals surface area contributed by atoms with Crippen LogP contribution >= 0.6 is 0 Å². The minimum Gasteiger partial charge on any atom is -0.507 e. The molecule has 1 N–H and O–H groups in total. The molecule has 0 aliphatic carbocycles. The SMILES string of the molecule is COc1cc(C)c2c3c(c(O)c4c2c1C(=O)OC4=O)C(C)(C)C(C)O3. The van der Waals surface area contributed by atoms with Gasteiger partial charge < -0.3 is 19.3 Å². The van der Waals surface area contributed by atoms with E-state index in [9.17, 15) is 14.7 Å². The molecule has 1 unspecified atom stereocenters. The second-order valence-corrected chi connectivity index (χ2v) is 7.11. The van der Waals surface area contributed by atoms with E-state index < -0.39 is 17.4 Å². The Kier molecular flexibility index (Phi) is 2.93. The Morgan fingerprint density at radius 1 is 1.16 bits per heavy atom. The molecule has 2 aromatic carbocycles. The van der Waals surface area contributed by atoms with Crippen molar-refractivity contribution >= 4 is 22.7 Å². The molecular formula is C19H18O6. The van der Waals surface area contributed by atoms with E-state index in [1.54, 1.807) is 6.07 Å². The summed E-state index contributed by atoms with van der Waals surface area (Å²) in [6.45, 7) is 7.65. The Morgan fingerprint density at radius 3 is 2.44 bits per heavy atom. The Labute approximate surface area is 144 Å². The molecule has 1 atom stereocenters. The van der Waals surface area contributed by atoms with Crippen molar-refractivity contribution in [1.82, 2.24) is 0 Å². The van der Waals surface area contributed by atoms with Gasteiger partial charge in [-0.25, -0.2) is 9.59 Å². The van der Waals surface area contributed by atoms with E-state index in [1.165, 1.54) is 7.11 Å². The number of ether oxygens (including phenoxy) is 3. The normalized spacial score (nSPS) is 20.3. The zero-order valence-electron chi connectivity index (χ0n) is 14.6. The van der Waals surface area contributed by atoms with E-state index >= 15 is 0 Å². The number of carbonyl (C=O) groups excluding carboxylic acids is 2. The van der Waals surface area contributed by atoms with Crippen LogP contribution < -0.4 is 9.47 Å². The van der Waals surface area contributed by atoms with E-state index in [0.29, 0.717) is 27.8 Å². The quantitative estimate of drug-likeness (QED) is 0.633. The van der Waals surface area contributed by atoms with Gasteiger partial charge in [0.15, 0.2) is 0 Å². The lowest BCUT2D eigenvalue weighted by Crippen LogP contribution is -2.29. The van der Waals surface area contributed by atoms with Gasteiger partial charge in [-0.1, -0.05) is 13.8 Å². The molecule has 0 spiro atoms. The van der Waals surface area contributed by atoms with Gasteiger partial charge in [0, 0.05) is 21.8 Å². The summed E-state index contributed by atoms with van der Waals surface area (Å²) < 4.78 is 16.2. The molecule has 0 radical (unpaired) electrons. The van der Waals surface area contributed by atoms with Crippen LogP contribution in [0.15, 0.2) is 6.07 Å². The minimum absolute atomic E-state index is 0.00359. The fourth-order valence-corrected chi connectivity index (χ4v) is 3.80. The first-order valence-electron chi connectivity index (χ1n) is 8.04. The summed E-state index contributed by atoms with van der Waals surface area (Å²) in [5, 5.41) is 11.9. The number of esters is 2. The van der Waals surface area contributed by atoms with Crippen LogP contribution in [0, 0.1) is 6.92 Å². The Bertz CT molecular complexity index is 986. The zero-order chi connectivity index (χ0) is 18.3. The van der Waals surface area contributed by atoms with Gasteiger partial charge in [0.1, 0.15) is 34.5 Å². The van der Waals surface area contributed by atoms with E-state index in [1.807, 2.05) is 27.7 Å². The minimum atomic E-state index is -0.856. The van der Waals surface area contributed by atoms with Crippen LogP contribution in [0.2, 0.25) is 0 Å². The van der Waals surface area contributed by atoms with Crippen LogP contribution in [0.4, 0.5) is 0 Å². The lowest BCUT2D eigenvalue weighted by molar-refractivity contribution is 0.0387. The van der Waals surface area contributed by atoms with Crippen molar-refractivity contribution in [3.63, 3.8) is 0 Å². The average Bonchev–Trinajstić information content (AvgIpc) is 2.75. The molecule has 130 valence electrons. The van der Waals surface area contributed by atoms with Gasteiger partial charge >= 0.3 is 11.9 Å². The van der Waals surface area contributed by atoms with Gasteiger partial charge in [-0.2, -0.15) is 0 Å². The maximum Gasteiger partial charge on any atom is 0.350 e. The highest BCUT2D eigenvalue weighted by Crippen LogP contribution is 2.55. The van der Waals surface area contributed by atoms with Gasteiger partial charge in [-0.3, -0.25) is 0 Å². The van der Waals surface area contributed by atoms with Crippen molar-refractivity contribution in [2.45, 2.75) is 39.2 Å². The van der Waals surface area contributed by atoms with Crippen LogP contribution in [-0.4, -0.2) is 30.3 Å². The molecule has 0 bridgehead atoms. The summed E-state index contributed by atoms with van der Waals surface area (Å²) in [7, 11) is 1.44. The molecule has 0 amide bonds. The Morgan fingerprint density at radius 2 is 1.80 bits per heavy atom. The highest BCUT2D eigenvalue weighted by molar-refractivity contribution is 6.25. The third kappa shape index (κ3) is 1.74. The number of hydrogen-bond donors (Lipinski definition) is 1. The number of aryl methyl sites for hydroxylation is 1. The second-order valence-electron chi connectivity index (χ2n) is 7.11. The molecule has 2 heterocycles. The number of carbonyl (C=O) groups is 2. The predicted molar refractivity (Wildman–Crippen MR) is 89.8 cm³/mol. The number of cyclic esters (lactones) is 2. The van der Waals surface area contributed by atoms with E-state index in [2.05, 4.69) is 0 Å².